The maximum absolute atomic E-state index is 5.67. The molecule has 0 aromatic heterocycles. The van der Waals surface area contributed by atoms with Crippen LogP contribution >= 0.6 is 0 Å². The first-order chi connectivity index (χ1) is 6.65. The summed E-state index contributed by atoms with van der Waals surface area (Å²) in [6.07, 6.45) is 4.00. The fourth-order valence-corrected chi connectivity index (χ4v) is 0.910. The minimum absolute atomic E-state index is 0.808. The van der Waals surface area contributed by atoms with Gasteiger partial charge in [0.2, 0.25) is 0 Å². The Bertz CT molecular complexity index is 286. The molecular formula is C12H20N2. The normalized spacial score (nSPS) is 9.43. The smallest absolute Gasteiger partial charge is 0.0571 e. The molecule has 2 nitrogen and oxygen atoms in total. The van der Waals surface area contributed by atoms with Crippen molar-refractivity contribution in [3.05, 3.63) is 35.9 Å². The Morgan fingerprint density at radius 1 is 1.21 bits per heavy atom. The molecule has 2 heteroatoms. The SMILES string of the molecule is C/C=C\C.CNc1ccc(C)cc1N. The molecule has 0 heterocycles. The van der Waals surface area contributed by atoms with Crippen LogP contribution in [0, 0.1) is 6.92 Å². The second-order valence-corrected chi connectivity index (χ2v) is 3.01. The van der Waals surface area contributed by atoms with E-state index in [0.29, 0.717) is 0 Å². The van der Waals surface area contributed by atoms with Gasteiger partial charge in [0.25, 0.3) is 0 Å². The van der Waals surface area contributed by atoms with E-state index in [1.54, 1.807) is 0 Å². The first-order valence-electron chi connectivity index (χ1n) is 4.76. The lowest BCUT2D eigenvalue weighted by Crippen LogP contribution is -1.95. The van der Waals surface area contributed by atoms with Crippen molar-refractivity contribution in [3.8, 4) is 0 Å². The summed E-state index contributed by atoms with van der Waals surface area (Å²) in [5.74, 6) is 0. The number of allylic oxidation sites excluding steroid dienone is 2. The van der Waals surface area contributed by atoms with Crippen molar-refractivity contribution in [2.75, 3.05) is 18.1 Å². The van der Waals surface area contributed by atoms with Gasteiger partial charge >= 0.3 is 0 Å². The number of hydrogen-bond donors (Lipinski definition) is 2. The highest BCUT2D eigenvalue weighted by Gasteiger charge is 1.93. The maximum Gasteiger partial charge on any atom is 0.0571 e. The van der Waals surface area contributed by atoms with Gasteiger partial charge in [-0.25, -0.2) is 0 Å². The highest BCUT2D eigenvalue weighted by Crippen LogP contribution is 2.17. The maximum atomic E-state index is 5.67. The van der Waals surface area contributed by atoms with Crippen molar-refractivity contribution in [3.63, 3.8) is 0 Å². The Hall–Kier alpha value is -1.44. The van der Waals surface area contributed by atoms with Gasteiger partial charge < -0.3 is 11.1 Å². The van der Waals surface area contributed by atoms with E-state index >= 15 is 0 Å². The molecule has 0 radical (unpaired) electrons. The predicted octanol–water partition coefficient (Wildman–Crippen LogP) is 3.20. The molecule has 3 N–H and O–H groups in total. The molecule has 1 rings (SSSR count). The number of nitrogen functional groups attached to an aromatic ring is 1. The topological polar surface area (TPSA) is 38.0 Å². The average Bonchev–Trinajstić information content (AvgIpc) is 2.18. The molecular weight excluding hydrogens is 172 g/mol. The minimum Gasteiger partial charge on any atom is -0.397 e. The molecule has 0 saturated carbocycles. The van der Waals surface area contributed by atoms with Gasteiger partial charge in [0.05, 0.1) is 11.4 Å². The highest BCUT2D eigenvalue weighted by molar-refractivity contribution is 5.66. The van der Waals surface area contributed by atoms with Gasteiger partial charge in [-0.2, -0.15) is 0 Å². The Kier molecular flexibility index (Phi) is 6.29. The second-order valence-electron chi connectivity index (χ2n) is 3.01. The van der Waals surface area contributed by atoms with Crippen molar-refractivity contribution >= 4 is 11.4 Å². The van der Waals surface area contributed by atoms with E-state index in [1.165, 1.54) is 5.56 Å². The lowest BCUT2D eigenvalue weighted by atomic mass is 10.2. The van der Waals surface area contributed by atoms with Crippen LogP contribution in [0.2, 0.25) is 0 Å². The summed E-state index contributed by atoms with van der Waals surface area (Å²) in [5, 5.41) is 3.00. The third-order valence-corrected chi connectivity index (χ3v) is 1.81. The molecule has 14 heavy (non-hydrogen) atoms. The van der Waals surface area contributed by atoms with Crippen molar-refractivity contribution in [1.29, 1.82) is 0 Å². The van der Waals surface area contributed by atoms with E-state index in [-0.39, 0.29) is 0 Å². The zero-order chi connectivity index (χ0) is 11.0. The molecule has 0 spiro atoms. The highest BCUT2D eigenvalue weighted by atomic mass is 14.8. The Labute approximate surface area is 86.8 Å². The molecule has 0 unspecified atom stereocenters. The minimum atomic E-state index is 0.808. The van der Waals surface area contributed by atoms with Crippen LogP contribution in [0.25, 0.3) is 0 Å². The summed E-state index contributed by atoms with van der Waals surface area (Å²) in [4.78, 5) is 0. The Balaban J connectivity index is 0.000000364. The first kappa shape index (κ1) is 12.6. The van der Waals surface area contributed by atoms with E-state index in [4.69, 9.17) is 5.73 Å². The van der Waals surface area contributed by atoms with Crippen LogP contribution in [0.4, 0.5) is 11.4 Å². The summed E-state index contributed by atoms with van der Waals surface area (Å²) >= 11 is 0. The number of hydrogen-bond acceptors (Lipinski definition) is 2. The van der Waals surface area contributed by atoms with Gasteiger partial charge in [0.15, 0.2) is 0 Å². The van der Waals surface area contributed by atoms with E-state index in [1.807, 2.05) is 58.2 Å². The van der Waals surface area contributed by atoms with Crippen molar-refractivity contribution < 1.29 is 0 Å². The summed E-state index contributed by atoms with van der Waals surface area (Å²) in [5.41, 5.74) is 8.66. The van der Waals surface area contributed by atoms with Gasteiger partial charge in [0.1, 0.15) is 0 Å². The average molecular weight is 192 g/mol. The Morgan fingerprint density at radius 3 is 2.14 bits per heavy atom. The van der Waals surface area contributed by atoms with Crippen molar-refractivity contribution in [1.82, 2.24) is 0 Å². The number of aryl methyl sites for hydroxylation is 1. The third kappa shape index (κ3) is 4.55. The monoisotopic (exact) mass is 192 g/mol. The summed E-state index contributed by atoms with van der Waals surface area (Å²) in [6, 6.07) is 5.96. The molecule has 0 aliphatic carbocycles. The standard InChI is InChI=1S/C8H12N2.C4H8/c1-6-3-4-8(10-2)7(9)5-6;1-3-4-2/h3-5,10H,9H2,1-2H3;3-4H,1-2H3/b;4-3-. The lowest BCUT2D eigenvalue weighted by molar-refractivity contribution is 1.44. The second kappa shape index (κ2) is 7.01. The van der Waals surface area contributed by atoms with Crippen LogP contribution in [-0.4, -0.2) is 7.05 Å². The van der Waals surface area contributed by atoms with Crippen LogP contribution in [0.5, 0.6) is 0 Å². The number of anilines is 2. The molecule has 0 amide bonds. The van der Waals surface area contributed by atoms with Gasteiger partial charge in [0, 0.05) is 7.05 Å². The summed E-state index contributed by atoms with van der Waals surface area (Å²) in [6.45, 7) is 6.02. The number of rotatable bonds is 1. The molecule has 0 aliphatic rings. The van der Waals surface area contributed by atoms with Gasteiger partial charge in [-0.05, 0) is 38.5 Å². The third-order valence-electron chi connectivity index (χ3n) is 1.81. The Morgan fingerprint density at radius 2 is 1.79 bits per heavy atom. The molecule has 0 bridgehead atoms. The fourth-order valence-electron chi connectivity index (χ4n) is 0.910. The van der Waals surface area contributed by atoms with Crippen LogP contribution in [0.3, 0.4) is 0 Å². The van der Waals surface area contributed by atoms with Crippen LogP contribution in [0.15, 0.2) is 30.4 Å². The van der Waals surface area contributed by atoms with Crippen LogP contribution < -0.4 is 11.1 Å². The largest absolute Gasteiger partial charge is 0.397 e. The van der Waals surface area contributed by atoms with Gasteiger partial charge in [-0.15, -0.1) is 0 Å². The van der Waals surface area contributed by atoms with Crippen LogP contribution in [0.1, 0.15) is 19.4 Å². The molecule has 0 atom stereocenters. The quantitative estimate of drug-likeness (QED) is 0.529. The van der Waals surface area contributed by atoms with Gasteiger partial charge in [-0.3, -0.25) is 0 Å². The summed E-state index contributed by atoms with van der Waals surface area (Å²) in [7, 11) is 1.86. The van der Waals surface area contributed by atoms with Crippen molar-refractivity contribution in [2.24, 2.45) is 0 Å². The molecule has 1 aromatic carbocycles. The first-order valence-corrected chi connectivity index (χ1v) is 4.76. The van der Waals surface area contributed by atoms with E-state index < -0.39 is 0 Å². The molecule has 1 aromatic rings. The molecule has 0 fully saturated rings. The molecule has 78 valence electrons. The summed E-state index contributed by atoms with van der Waals surface area (Å²) < 4.78 is 0. The lowest BCUT2D eigenvalue weighted by Gasteiger charge is -2.03. The van der Waals surface area contributed by atoms with E-state index in [0.717, 1.165) is 11.4 Å². The van der Waals surface area contributed by atoms with Crippen LogP contribution in [-0.2, 0) is 0 Å². The van der Waals surface area contributed by atoms with Crippen molar-refractivity contribution in [2.45, 2.75) is 20.8 Å². The molecule has 0 aliphatic heterocycles. The number of nitrogens with one attached hydrogen (secondary N) is 1. The number of benzene rings is 1. The van der Waals surface area contributed by atoms with Gasteiger partial charge in [-0.1, -0.05) is 18.2 Å². The molecule has 0 saturated heterocycles. The zero-order valence-corrected chi connectivity index (χ0v) is 9.46. The zero-order valence-electron chi connectivity index (χ0n) is 9.46. The van der Waals surface area contributed by atoms with E-state index in [2.05, 4.69) is 5.32 Å². The number of nitrogens with two attached hydrogens (primary N) is 1. The van der Waals surface area contributed by atoms with E-state index in [9.17, 15) is 0 Å². The predicted molar refractivity (Wildman–Crippen MR) is 65.6 cm³/mol. The fraction of sp³-hybridized carbons (Fsp3) is 0.333.